The van der Waals surface area contributed by atoms with Crippen LogP contribution in [0.1, 0.15) is 37.6 Å². The van der Waals surface area contributed by atoms with Crippen LogP contribution >= 0.6 is 11.6 Å². The lowest BCUT2D eigenvalue weighted by atomic mass is 9.86. The molecule has 5 N–H and O–H groups in total. The summed E-state index contributed by atoms with van der Waals surface area (Å²) in [5.41, 5.74) is 6.07. The van der Waals surface area contributed by atoms with E-state index in [0.717, 1.165) is 0 Å². The molecular weight excluding hydrogens is 476 g/mol. The second-order valence-electron chi connectivity index (χ2n) is 8.60. The van der Waals surface area contributed by atoms with Crippen molar-refractivity contribution in [1.82, 2.24) is 10.6 Å². The summed E-state index contributed by atoms with van der Waals surface area (Å²) in [4.78, 5) is 36.9. The predicted octanol–water partition coefficient (Wildman–Crippen LogP) is 2.32. The summed E-state index contributed by atoms with van der Waals surface area (Å²) in [6, 6.07) is 4.68. The highest BCUT2D eigenvalue weighted by Gasteiger charge is 2.31. The number of hydrogen-bond donors (Lipinski definition) is 4. The first-order valence-corrected chi connectivity index (χ1v) is 11.2. The average Bonchev–Trinajstić information content (AvgIpc) is 2.79. The average molecular weight is 507 g/mol. The number of nitrogens with two attached hydrogens (primary N) is 1. The third-order valence-corrected chi connectivity index (χ3v) is 5.59. The molecule has 0 radical (unpaired) electrons. The van der Waals surface area contributed by atoms with E-state index >= 15 is 0 Å². The summed E-state index contributed by atoms with van der Waals surface area (Å²) in [6.07, 6.45) is 2.05. The van der Waals surface area contributed by atoms with E-state index in [2.05, 4.69) is 15.4 Å². The summed E-state index contributed by atoms with van der Waals surface area (Å²) in [5, 5.41) is 13.6. The molecule has 190 valence electrons. The predicted molar refractivity (Wildman–Crippen MR) is 131 cm³/mol. The van der Waals surface area contributed by atoms with Gasteiger partial charge in [0, 0.05) is 22.7 Å². The highest BCUT2D eigenvalue weighted by atomic mass is 35.5. The molecule has 1 unspecified atom stereocenters. The van der Waals surface area contributed by atoms with Crippen LogP contribution in [-0.2, 0) is 19.1 Å². The lowest BCUT2D eigenvalue weighted by molar-refractivity contribution is -0.149. The molecule has 0 spiro atoms. The number of halogens is 1. The molecule has 0 saturated heterocycles. The van der Waals surface area contributed by atoms with Crippen molar-refractivity contribution in [2.45, 2.75) is 32.7 Å². The number of esters is 1. The van der Waals surface area contributed by atoms with Gasteiger partial charge in [-0.15, -0.1) is 0 Å². The van der Waals surface area contributed by atoms with Gasteiger partial charge in [0.25, 0.3) is 11.8 Å². The normalized spacial score (nSPS) is 15.6. The molecule has 1 aliphatic rings. The van der Waals surface area contributed by atoms with Crippen molar-refractivity contribution in [3.63, 3.8) is 0 Å². The number of carbonyl (C=O) groups is 3. The van der Waals surface area contributed by atoms with Gasteiger partial charge < -0.3 is 30.6 Å². The standard InChI is InChI=1S/C24H31ClN4O6/c1-13-6-15(11-28-22(31)14-7-16(25)9-17(8-14)33-4)19(10-18(13)21(26)27)35-12-20(30)29-24(2,3)23(32)34-5/h7-10,13H,6,11-12H2,1-5H3,(H3,26,27)(H,28,31)(H,29,30). The van der Waals surface area contributed by atoms with E-state index in [-0.39, 0.29) is 24.2 Å². The maximum Gasteiger partial charge on any atom is 0.330 e. The van der Waals surface area contributed by atoms with E-state index in [1.165, 1.54) is 34.1 Å². The molecule has 11 heteroatoms. The number of allylic oxidation sites excluding steroid dienone is 1. The Morgan fingerprint density at radius 1 is 1.23 bits per heavy atom. The van der Waals surface area contributed by atoms with E-state index in [4.69, 9.17) is 32.2 Å². The van der Waals surface area contributed by atoms with Crippen LogP contribution in [0.4, 0.5) is 0 Å². The minimum atomic E-state index is -1.24. The van der Waals surface area contributed by atoms with Gasteiger partial charge in [0.1, 0.15) is 22.9 Å². The van der Waals surface area contributed by atoms with Crippen molar-refractivity contribution in [3.8, 4) is 5.75 Å². The summed E-state index contributed by atoms with van der Waals surface area (Å²) >= 11 is 6.06. The number of amidine groups is 1. The van der Waals surface area contributed by atoms with Crippen LogP contribution in [0, 0.1) is 11.3 Å². The van der Waals surface area contributed by atoms with Crippen molar-refractivity contribution >= 4 is 35.2 Å². The summed E-state index contributed by atoms with van der Waals surface area (Å²) in [7, 11) is 2.71. The summed E-state index contributed by atoms with van der Waals surface area (Å²) < 4.78 is 15.6. The van der Waals surface area contributed by atoms with Crippen LogP contribution < -0.4 is 21.1 Å². The highest BCUT2D eigenvalue weighted by molar-refractivity contribution is 6.31. The molecule has 10 nitrogen and oxygen atoms in total. The number of benzene rings is 1. The van der Waals surface area contributed by atoms with Gasteiger partial charge in [-0.25, -0.2) is 4.79 Å². The highest BCUT2D eigenvalue weighted by Crippen LogP contribution is 2.30. The second kappa shape index (κ2) is 11.7. The van der Waals surface area contributed by atoms with Gasteiger partial charge in [0.2, 0.25) is 0 Å². The van der Waals surface area contributed by atoms with Crippen molar-refractivity contribution < 1.29 is 28.6 Å². The number of hydrogen-bond acceptors (Lipinski definition) is 7. The number of carbonyl (C=O) groups excluding carboxylic acids is 3. The number of rotatable bonds is 10. The quantitative estimate of drug-likeness (QED) is 0.216. The fraction of sp³-hybridized carbons (Fsp3) is 0.417. The molecule has 2 amide bonds. The Bertz CT molecular complexity index is 1080. The number of nitrogens with one attached hydrogen (secondary N) is 3. The smallest absolute Gasteiger partial charge is 0.330 e. The van der Waals surface area contributed by atoms with Crippen molar-refractivity contribution in [1.29, 1.82) is 5.41 Å². The SMILES string of the molecule is COC(=O)C(C)(C)NC(=O)COC1=C(CNC(=O)c2cc(Cl)cc(OC)c2)CC(C)C(C(=N)N)=C1. The molecule has 1 aromatic rings. The number of amides is 2. The van der Waals surface area contributed by atoms with Crippen molar-refractivity contribution in [2.24, 2.45) is 11.7 Å². The van der Waals surface area contributed by atoms with Crippen LogP contribution in [0.2, 0.25) is 5.02 Å². The Morgan fingerprint density at radius 3 is 2.51 bits per heavy atom. The van der Waals surface area contributed by atoms with Gasteiger partial charge in [-0.3, -0.25) is 15.0 Å². The van der Waals surface area contributed by atoms with Crippen LogP contribution in [0.15, 0.2) is 41.2 Å². The largest absolute Gasteiger partial charge is 0.497 e. The molecule has 0 fully saturated rings. The molecule has 0 aromatic heterocycles. The van der Waals surface area contributed by atoms with Crippen molar-refractivity contribution in [2.75, 3.05) is 27.4 Å². The molecular formula is C24H31ClN4O6. The third-order valence-electron chi connectivity index (χ3n) is 5.37. The fourth-order valence-electron chi connectivity index (χ4n) is 3.55. The van der Waals surface area contributed by atoms with Gasteiger partial charge in [0.05, 0.1) is 14.2 Å². The lowest BCUT2D eigenvalue weighted by Gasteiger charge is -2.26. The zero-order chi connectivity index (χ0) is 26.3. The Hall–Kier alpha value is -3.53. The van der Waals surface area contributed by atoms with Crippen molar-refractivity contribution in [3.05, 3.63) is 51.8 Å². The van der Waals surface area contributed by atoms with Crippen LogP contribution in [0.25, 0.3) is 0 Å². The number of ether oxygens (including phenoxy) is 3. The van der Waals surface area contributed by atoms with E-state index < -0.39 is 24.0 Å². The lowest BCUT2D eigenvalue weighted by Crippen LogP contribution is -2.51. The van der Waals surface area contributed by atoms with E-state index in [1.54, 1.807) is 18.2 Å². The van der Waals surface area contributed by atoms with Gasteiger partial charge >= 0.3 is 5.97 Å². The Morgan fingerprint density at radius 2 is 1.91 bits per heavy atom. The van der Waals surface area contributed by atoms with Gasteiger partial charge in [-0.2, -0.15) is 0 Å². The Balaban J connectivity index is 2.19. The zero-order valence-corrected chi connectivity index (χ0v) is 21.2. The monoisotopic (exact) mass is 506 g/mol. The second-order valence-corrected chi connectivity index (χ2v) is 9.04. The van der Waals surface area contributed by atoms with E-state index in [9.17, 15) is 14.4 Å². The zero-order valence-electron chi connectivity index (χ0n) is 20.4. The minimum absolute atomic E-state index is 0.0925. The fourth-order valence-corrected chi connectivity index (χ4v) is 3.77. The van der Waals surface area contributed by atoms with Gasteiger partial charge in [0.15, 0.2) is 6.61 Å². The molecule has 1 atom stereocenters. The first-order chi connectivity index (χ1) is 16.4. The van der Waals surface area contributed by atoms with E-state index in [0.29, 0.717) is 39.7 Å². The number of methoxy groups -OCH3 is 2. The minimum Gasteiger partial charge on any atom is -0.497 e. The third kappa shape index (κ3) is 7.48. The van der Waals surface area contributed by atoms with Crippen LogP contribution in [-0.4, -0.2) is 56.5 Å². The molecule has 1 aliphatic carbocycles. The molecule has 2 rings (SSSR count). The first-order valence-electron chi connectivity index (χ1n) is 10.8. The van der Waals surface area contributed by atoms with Crippen LogP contribution in [0.5, 0.6) is 5.75 Å². The van der Waals surface area contributed by atoms with E-state index in [1.807, 2.05) is 6.92 Å². The maximum absolute atomic E-state index is 12.7. The van der Waals surface area contributed by atoms with Crippen LogP contribution in [0.3, 0.4) is 0 Å². The molecule has 0 heterocycles. The molecule has 0 bridgehead atoms. The maximum atomic E-state index is 12.7. The topological polar surface area (TPSA) is 153 Å². The van der Waals surface area contributed by atoms with Gasteiger partial charge in [-0.05, 0) is 56.0 Å². The summed E-state index contributed by atoms with van der Waals surface area (Å²) in [6.45, 7) is 4.66. The molecule has 35 heavy (non-hydrogen) atoms. The molecule has 0 aliphatic heterocycles. The first kappa shape index (κ1) is 27.7. The summed E-state index contributed by atoms with van der Waals surface area (Å²) in [5.74, 6) is -0.941. The molecule has 1 aromatic carbocycles. The molecule has 0 saturated carbocycles. The Kier molecular flexibility index (Phi) is 9.30. The Labute approximate surface area is 209 Å². The van der Waals surface area contributed by atoms with Gasteiger partial charge in [-0.1, -0.05) is 18.5 Å².